The average molecular weight is 1990 g/mol. The van der Waals surface area contributed by atoms with E-state index in [1.54, 1.807) is 77.3 Å². The highest BCUT2D eigenvalue weighted by atomic mass is 32.2. The van der Waals surface area contributed by atoms with E-state index in [0.717, 1.165) is 166 Å². The zero-order valence-corrected chi connectivity index (χ0v) is 83.6. The first-order valence-corrected chi connectivity index (χ1v) is 51.1. The lowest BCUT2D eigenvalue weighted by molar-refractivity contribution is 0.242. The summed E-state index contributed by atoms with van der Waals surface area (Å²) in [5, 5.41) is 62.0. The summed E-state index contributed by atoms with van der Waals surface area (Å²) in [6.07, 6.45) is 37.3. The Hall–Kier alpha value is -14.8. The molecule has 4 fully saturated rings. The highest BCUT2D eigenvalue weighted by Gasteiger charge is 2.69. The van der Waals surface area contributed by atoms with E-state index >= 15 is 0 Å². The van der Waals surface area contributed by atoms with E-state index < -0.39 is 78.0 Å². The van der Waals surface area contributed by atoms with Crippen molar-refractivity contribution < 1.29 is 43.5 Å². The van der Waals surface area contributed by atoms with Gasteiger partial charge in [-0.05, 0) is 204 Å². The van der Waals surface area contributed by atoms with E-state index in [4.69, 9.17) is 25.2 Å². The van der Waals surface area contributed by atoms with E-state index in [9.17, 15) is 43.5 Å². The Morgan fingerprint density at radius 3 is 0.822 bits per heavy atom. The maximum atomic E-state index is 14.5. The van der Waals surface area contributed by atoms with Gasteiger partial charge in [0, 0.05) is 91.2 Å². The van der Waals surface area contributed by atoms with Crippen LogP contribution in [-0.2, 0) is 57.7 Å². The standard InChI is InChI=1S/2C28H28F2N6.C27H23F2N7.C27H26F2N6O2S/c2*1-16(2)14-36-15-17(11-32-36)23-12-31-13-24(33-23)28-9-8-19(27(28,3)4)18-10-22(34-35-26(18)28)25-20(29)6-5-7-21(25)30;1-26(2)18-7-8-27(26,23-14-31-13-22(33-23)16-12-32-36(15-16)10-4-9-30)25-17(18)11-21(34-35-25)24-19(28)5-3-6-20(24)29;1-26(2)18-7-8-27(26,25-17(18)11-21(33-34-25)24-19(28)5-4-6-20(24)29)23-14-30-13-22(32-23)16-12-31-35(15-16)9-10-38(3,36)37/h2*5-7,10-13,15-16,19H,8-9,14H2,1-4H3;3,5-6,11-15,18H,4,7-8,10H2,1-2H3;4-6,11-15,18H,7-10H2,1-3H3/t2*19-,28-;2*18-,27-/m0000/s1. The summed E-state index contributed by atoms with van der Waals surface area (Å²) in [5.74, 6) is -3.64. The molecule has 8 bridgehead atoms. The van der Waals surface area contributed by atoms with Gasteiger partial charge < -0.3 is 0 Å². The van der Waals surface area contributed by atoms with Crippen LogP contribution in [0.2, 0.25) is 0 Å². The van der Waals surface area contributed by atoms with Crippen molar-refractivity contribution in [3.63, 3.8) is 0 Å². The van der Waals surface area contributed by atoms with Gasteiger partial charge in [-0.2, -0.15) is 46.1 Å². The lowest BCUT2D eigenvalue weighted by Gasteiger charge is -2.37. The van der Waals surface area contributed by atoms with Crippen molar-refractivity contribution in [1.29, 1.82) is 5.26 Å². The van der Waals surface area contributed by atoms with Gasteiger partial charge >= 0.3 is 0 Å². The SMILES string of the molecule is CC(C)Cn1cc(-c2cncc([C@@]34CC[C@@H](c5cc(-c6c(F)cccc6F)nnc53)C4(C)C)n2)cn1.CC(C)Cn1cc(-c2cncc([C@@]34CC[C@@H](c5cc(-c6c(F)cccc6F)nnc53)C4(C)C)n2)cn1.CC1(C)[C@H]2CC[C@]1(c1cncc(-c3cnn(CCC#N)c3)n1)c1nnc(-c3c(F)cccc3F)cc12.CC1(C)[C@H]2CC[C@]1(c1cncc(-c3cnn(CCS(C)(=O)=O)c3)n1)c1nnc(-c3c(F)cccc3F)cc12. The molecule has 36 heteroatoms. The van der Waals surface area contributed by atoms with Crippen LogP contribution in [0.15, 0.2) is 196 Å². The topological polar surface area (TPSA) is 335 Å². The maximum absolute atomic E-state index is 14.5. The number of aromatic nitrogens is 24. The highest BCUT2D eigenvalue weighted by molar-refractivity contribution is 7.90. The van der Waals surface area contributed by atoms with Crippen molar-refractivity contribution in [2.75, 3.05) is 12.0 Å². The summed E-state index contributed by atoms with van der Waals surface area (Å²) in [6.45, 7) is 28.7. The molecule has 24 rings (SSSR count). The first kappa shape index (κ1) is 97.3. The number of fused-ring (bicyclic) bond motifs is 20. The lowest BCUT2D eigenvalue weighted by Crippen LogP contribution is -2.38. The van der Waals surface area contributed by atoms with Crippen molar-refractivity contribution in [3.8, 4) is 96.1 Å². The van der Waals surface area contributed by atoms with Gasteiger partial charge in [0.2, 0.25) is 0 Å². The van der Waals surface area contributed by atoms with Crippen molar-refractivity contribution >= 4 is 9.84 Å². The van der Waals surface area contributed by atoms with Gasteiger partial charge in [-0.15, -0.1) is 20.4 Å². The minimum atomic E-state index is -3.11. The summed E-state index contributed by atoms with van der Waals surface area (Å²) in [6, 6.07) is 24.6. The lowest BCUT2D eigenvalue weighted by atomic mass is 9.66. The first-order valence-electron chi connectivity index (χ1n) is 49.1. The average Bonchev–Trinajstić information content (AvgIpc) is 1.53. The molecule has 4 aromatic carbocycles. The molecule has 0 spiro atoms. The second kappa shape index (κ2) is 36.5. The molecule has 8 aliphatic rings. The van der Waals surface area contributed by atoms with Crippen LogP contribution in [0, 0.1) is 91.4 Å². The third-order valence-electron chi connectivity index (χ3n) is 32.7. The number of hydrogen-bond acceptors (Lipinski definition) is 23. The number of rotatable bonds is 21. The van der Waals surface area contributed by atoms with Crippen LogP contribution < -0.4 is 0 Å². The maximum Gasteiger partial charge on any atom is 0.149 e. The van der Waals surface area contributed by atoms with Crippen LogP contribution in [-0.4, -0.2) is 140 Å². The van der Waals surface area contributed by atoms with Crippen LogP contribution in [0.4, 0.5) is 35.1 Å². The minimum Gasteiger partial charge on any atom is -0.272 e. The number of halogens is 8. The highest BCUT2D eigenvalue weighted by Crippen LogP contribution is 2.74. The van der Waals surface area contributed by atoms with E-state index in [0.29, 0.717) is 36.2 Å². The van der Waals surface area contributed by atoms with Crippen LogP contribution >= 0.6 is 0 Å². The largest absolute Gasteiger partial charge is 0.272 e. The Kier molecular flexibility index (Phi) is 24.3. The summed E-state index contributed by atoms with van der Waals surface area (Å²) in [7, 11) is -3.11. The van der Waals surface area contributed by atoms with E-state index in [1.807, 2.05) is 64.9 Å². The number of sulfone groups is 1. The molecule has 12 aromatic heterocycles. The van der Waals surface area contributed by atoms with Crippen molar-refractivity contribution in [1.82, 2.24) is 120 Å². The Morgan fingerprint density at radius 1 is 0.342 bits per heavy atom. The van der Waals surface area contributed by atoms with Crippen molar-refractivity contribution in [2.24, 2.45) is 33.5 Å². The quantitative estimate of drug-likeness (QED) is 0.0603. The monoisotopic (exact) mass is 1990 g/mol. The minimum absolute atomic E-state index is 0.00719. The number of nitriles is 1. The summed E-state index contributed by atoms with van der Waals surface area (Å²) >= 11 is 0. The number of hydrogen-bond donors (Lipinski definition) is 0. The Morgan fingerprint density at radius 2 is 0.582 bits per heavy atom. The van der Waals surface area contributed by atoms with Crippen LogP contribution in [0.5, 0.6) is 0 Å². The van der Waals surface area contributed by atoms with Gasteiger partial charge in [0.25, 0.3) is 0 Å². The molecule has 0 N–H and O–H groups in total. The number of benzene rings is 4. The fraction of sp³-hybridized carbons (Fsp3) is 0.373. The fourth-order valence-corrected chi connectivity index (χ4v) is 26.0. The zero-order chi connectivity index (χ0) is 102. The second-order valence-electron chi connectivity index (χ2n) is 42.8. The normalized spacial score (nSPS) is 21.6. The Labute approximate surface area is 838 Å². The zero-order valence-electron chi connectivity index (χ0n) is 82.8. The van der Waals surface area contributed by atoms with Gasteiger partial charge in [-0.25, -0.2) is 63.5 Å². The molecular weight excluding hydrogens is 1890 g/mol. The first-order chi connectivity index (χ1) is 69.8. The molecule has 8 aliphatic carbocycles. The molecule has 744 valence electrons. The molecule has 8 atom stereocenters. The molecule has 146 heavy (non-hydrogen) atoms. The molecule has 0 saturated heterocycles. The van der Waals surface area contributed by atoms with Crippen molar-refractivity contribution in [2.45, 2.75) is 212 Å². The van der Waals surface area contributed by atoms with Crippen LogP contribution in [0.25, 0.3) is 90.1 Å². The van der Waals surface area contributed by atoms with Crippen molar-refractivity contribution in [3.05, 3.63) is 311 Å². The molecule has 0 amide bonds. The molecule has 0 unspecified atom stereocenters. The van der Waals surface area contributed by atoms with Crippen LogP contribution in [0.1, 0.15) is 232 Å². The Bertz CT molecular complexity index is 7730. The molecule has 0 radical (unpaired) electrons. The predicted octanol–water partition coefficient (Wildman–Crippen LogP) is 21.4. The van der Waals surface area contributed by atoms with E-state index in [1.165, 1.54) is 79.1 Å². The second-order valence-corrected chi connectivity index (χ2v) is 45.0. The smallest absolute Gasteiger partial charge is 0.149 e. The Balaban J connectivity index is 0.000000114. The van der Waals surface area contributed by atoms with E-state index in [-0.39, 0.29) is 103 Å². The van der Waals surface area contributed by atoms with Gasteiger partial charge in [0.05, 0.1) is 216 Å². The third-order valence-corrected chi connectivity index (χ3v) is 33.6. The fourth-order valence-electron chi connectivity index (χ4n) is 25.5. The molecule has 27 nitrogen and oxygen atoms in total. The molecular formula is C110H105F8N25O2S. The number of nitrogens with zero attached hydrogens (tertiary/aromatic N) is 25. The predicted molar refractivity (Wildman–Crippen MR) is 528 cm³/mol. The summed E-state index contributed by atoms with van der Waals surface area (Å²) < 4.78 is 146. The number of aryl methyl sites for hydroxylation is 2. The third kappa shape index (κ3) is 15.8. The van der Waals surface area contributed by atoms with Gasteiger partial charge in [0.1, 0.15) is 56.4 Å². The summed E-state index contributed by atoms with van der Waals surface area (Å²) in [4.78, 5) is 38.3. The van der Waals surface area contributed by atoms with Gasteiger partial charge in [0.15, 0.2) is 0 Å². The molecule has 0 aliphatic heterocycles. The van der Waals surface area contributed by atoms with Gasteiger partial charge in [-0.1, -0.05) is 107 Å². The molecule has 4 saturated carbocycles. The molecule has 12 heterocycles. The van der Waals surface area contributed by atoms with Crippen LogP contribution in [0.3, 0.4) is 0 Å². The molecule has 16 aromatic rings. The van der Waals surface area contributed by atoms with Gasteiger partial charge in [-0.3, -0.25) is 38.7 Å². The van der Waals surface area contributed by atoms with E-state index in [2.05, 4.69) is 170 Å². The summed E-state index contributed by atoms with van der Waals surface area (Å²) in [5.41, 5.74) is 13.8.